The fourth-order valence-corrected chi connectivity index (χ4v) is 8.30. The van der Waals surface area contributed by atoms with E-state index in [4.69, 9.17) is 8.83 Å². The van der Waals surface area contributed by atoms with Crippen molar-refractivity contribution >= 4 is 77.4 Å². The third-order valence-corrected chi connectivity index (χ3v) is 11.0. The number of benzene rings is 9. The first-order valence-electron chi connectivity index (χ1n) is 19.1. The van der Waals surface area contributed by atoms with Gasteiger partial charge >= 0.3 is 0 Å². The van der Waals surface area contributed by atoms with Crippen LogP contribution in [0.25, 0.3) is 88.0 Å². The largest absolute Gasteiger partial charge is 0.507 e. The Morgan fingerprint density at radius 3 is 1.39 bits per heavy atom. The summed E-state index contributed by atoms with van der Waals surface area (Å²) in [5.41, 5.74) is 13.5. The van der Waals surface area contributed by atoms with Crippen molar-refractivity contribution in [2.75, 3.05) is 10.6 Å². The lowest BCUT2D eigenvalue weighted by Crippen LogP contribution is -1.94. The molecular formula is C52H34N2O3. The Kier molecular flexibility index (Phi) is 7.57. The van der Waals surface area contributed by atoms with Gasteiger partial charge < -0.3 is 24.6 Å². The zero-order valence-electron chi connectivity index (χ0n) is 30.7. The van der Waals surface area contributed by atoms with Gasteiger partial charge in [0.25, 0.3) is 0 Å². The number of aromatic hydroxyl groups is 1. The van der Waals surface area contributed by atoms with Crippen molar-refractivity contribution in [3.8, 4) is 39.1 Å². The summed E-state index contributed by atoms with van der Waals surface area (Å²) in [5, 5.41) is 25.1. The highest BCUT2D eigenvalue weighted by molar-refractivity contribution is 6.13. The Hall–Kier alpha value is -7.76. The normalized spacial score (nSPS) is 11.6. The summed E-state index contributed by atoms with van der Waals surface area (Å²) < 4.78 is 12.3. The molecule has 0 aliphatic rings. The molecule has 0 fully saturated rings. The summed E-state index contributed by atoms with van der Waals surface area (Å²) in [4.78, 5) is 0. The van der Waals surface area contributed by atoms with Crippen molar-refractivity contribution in [3.63, 3.8) is 0 Å². The fourth-order valence-electron chi connectivity index (χ4n) is 8.30. The van der Waals surface area contributed by atoms with E-state index in [1.165, 1.54) is 0 Å². The van der Waals surface area contributed by atoms with Crippen LogP contribution in [-0.4, -0.2) is 5.11 Å². The summed E-state index contributed by atoms with van der Waals surface area (Å²) in [6.45, 7) is 0. The van der Waals surface area contributed by atoms with Crippen LogP contribution < -0.4 is 10.6 Å². The van der Waals surface area contributed by atoms with Crippen LogP contribution in [0.2, 0.25) is 0 Å². The van der Waals surface area contributed by atoms with E-state index in [1.54, 1.807) is 6.07 Å². The lowest BCUT2D eigenvalue weighted by atomic mass is 9.96. The lowest BCUT2D eigenvalue weighted by molar-refractivity contribution is 0.477. The van der Waals surface area contributed by atoms with E-state index in [2.05, 4.69) is 114 Å². The van der Waals surface area contributed by atoms with Crippen LogP contribution in [0.15, 0.2) is 197 Å². The molecule has 0 aliphatic carbocycles. The van der Waals surface area contributed by atoms with E-state index in [0.29, 0.717) is 0 Å². The van der Waals surface area contributed by atoms with Crippen molar-refractivity contribution in [2.24, 2.45) is 0 Å². The average molecular weight is 735 g/mol. The van der Waals surface area contributed by atoms with E-state index in [-0.39, 0.29) is 5.75 Å². The summed E-state index contributed by atoms with van der Waals surface area (Å²) in [6.07, 6.45) is 0. The molecule has 9 aromatic carbocycles. The van der Waals surface area contributed by atoms with Crippen LogP contribution in [0, 0.1) is 0 Å². The third-order valence-electron chi connectivity index (χ3n) is 11.0. The second-order valence-corrected chi connectivity index (χ2v) is 14.4. The highest BCUT2D eigenvalue weighted by Gasteiger charge is 2.15. The minimum Gasteiger partial charge on any atom is -0.507 e. The lowest BCUT2D eigenvalue weighted by Gasteiger charge is -2.16. The molecule has 0 atom stereocenters. The topological polar surface area (TPSA) is 70.6 Å². The maximum absolute atomic E-state index is 11.4. The summed E-state index contributed by atoms with van der Waals surface area (Å²) >= 11 is 0. The SMILES string of the molecule is Oc1cc(Nc2ccc(-c3cccc4oc5ccccc5c34)cc2)ccc1-c1ccc(Nc2ccc(-c3cccc4oc5ccccc5c34)cc2)c2ccccc12. The maximum Gasteiger partial charge on any atom is 0.136 e. The number of anilines is 4. The average Bonchev–Trinajstić information content (AvgIpc) is 3.84. The Labute approximate surface area is 328 Å². The van der Waals surface area contributed by atoms with Gasteiger partial charge in [-0.25, -0.2) is 0 Å². The molecule has 2 heterocycles. The molecule has 11 rings (SSSR count). The van der Waals surface area contributed by atoms with Crippen molar-refractivity contribution in [2.45, 2.75) is 0 Å². The number of furan rings is 2. The molecule has 0 aliphatic heterocycles. The van der Waals surface area contributed by atoms with Crippen molar-refractivity contribution in [1.29, 1.82) is 0 Å². The number of nitrogens with one attached hydrogen (secondary N) is 2. The van der Waals surface area contributed by atoms with Gasteiger partial charge in [0.2, 0.25) is 0 Å². The minimum absolute atomic E-state index is 0.206. The van der Waals surface area contributed by atoms with E-state index >= 15 is 0 Å². The first-order valence-corrected chi connectivity index (χ1v) is 19.1. The number of para-hydroxylation sites is 2. The molecule has 270 valence electrons. The van der Waals surface area contributed by atoms with Gasteiger partial charge in [-0.15, -0.1) is 0 Å². The zero-order valence-corrected chi connectivity index (χ0v) is 30.7. The number of hydrogen-bond donors (Lipinski definition) is 3. The van der Waals surface area contributed by atoms with Crippen LogP contribution in [0.1, 0.15) is 0 Å². The third kappa shape index (κ3) is 5.64. The minimum atomic E-state index is 0.206. The molecule has 2 aromatic heterocycles. The molecule has 0 amide bonds. The number of phenols is 1. The zero-order chi connectivity index (χ0) is 37.9. The van der Waals surface area contributed by atoms with Crippen molar-refractivity contribution in [1.82, 2.24) is 0 Å². The van der Waals surface area contributed by atoms with Gasteiger partial charge in [-0.05, 0) is 99.9 Å². The smallest absolute Gasteiger partial charge is 0.136 e. The quantitative estimate of drug-likeness (QED) is 0.152. The molecule has 0 bridgehead atoms. The Balaban J connectivity index is 0.845. The second-order valence-electron chi connectivity index (χ2n) is 14.4. The predicted octanol–water partition coefficient (Wildman–Crippen LogP) is 14.8. The Morgan fingerprint density at radius 2 is 0.807 bits per heavy atom. The van der Waals surface area contributed by atoms with Crippen molar-refractivity contribution in [3.05, 3.63) is 188 Å². The number of rotatable bonds is 7. The highest BCUT2D eigenvalue weighted by atomic mass is 16.3. The van der Waals surface area contributed by atoms with Crippen LogP contribution in [-0.2, 0) is 0 Å². The van der Waals surface area contributed by atoms with Gasteiger partial charge in [0, 0.05) is 61.3 Å². The van der Waals surface area contributed by atoms with E-state index in [1.807, 2.05) is 78.9 Å². The predicted molar refractivity (Wildman–Crippen MR) is 236 cm³/mol. The molecular weight excluding hydrogens is 701 g/mol. The number of hydrogen-bond acceptors (Lipinski definition) is 5. The fraction of sp³-hybridized carbons (Fsp3) is 0. The number of phenolic OH excluding ortho intramolecular Hbond substituents is 1. The van der Waals surface area contributed by atoms with Gasteiger partial charge in [-0.1, -0.05) is 115 Å². The first-order chi connectivity index (χ1) is 28.1. The first kappa shape index (κ1) is 32.7. The maximum atomic E-state index is 11.4. The molecule has 0 saturated carbocycles. The summed E-state index contributed by atoms with van der Waals surface area (Å²) in [5.74, 6) is 0.206. The van der Waals surface area contributed by atoms with E-state index < -0.39 is 0 Å². The monoisotopic (exact) mass is 734 g/mol. The summed E-state index contributed by atoms with van der Waals surface area (Å²) in [7, 11) is 0. The van der Waals surface area contributed by atoms with Gasteiger partial charge in [0.05, 0.1) is 0 Å². The van der Waals surface area contributed by atoms with Gasteiger partial charge in [0.15, 0.2) is 0 Å². The molecule has 11 aromatic rings. The van der Waals surface area contributed by atoms with Crippen LogP contribution in [0.3, 0.4) is 0 Å². The van der Waals surface area contributed by atoms with Crippen LogP contribution in [0.4, 0.5) is 22.7 Å². The molecule has 5 nitrogen and oxygen atoms in total. The molecule has 0 unspecified atom stereocenters. The molecule has 3 N–H and O–H groups in total. The van der Waals surface area contributed by atoms with Gasteiger partial charge in [-0.2, -0.15) is 0 Å². The van der Waals surface area contributed by atoms with Crippen molar-refractivity contribution < 1.29 is 13.9 Å². The highest BCUT2D eigenvalue weighted by Crippen LogP contribution is 2.42. The second kappa shape index (κ2) is 13.2. The van der Waals surface area contributed by atoms with Crippen LogP contribution in [0.5, 0.6) is 5.75 Å². The molecule has 0 spiro atoms. The van der Waals surface area contributed by atoms with E-state index in [0.717, 1.165) is 111 Å². The number of fused-ring (bicyclic) bond motifs is 7. The van der Waals surface area contributed by atoms with Crippen LogP contribution >= 0.6 is 0 Å². The molecule has 5 heteroatoms. The summed E-state index contributed by atoms with van der Waals surface area (Å²) in [6, 6.07) is 63.9. The Bertz CT molecular complexity index is 3300. The van der Waals surface area contributed by atoms with E-state index in [9.17, 15) is 5.11 Å². The Morgan fingerprint density at radius 1 is 0.333 bits per heavy atom. The standard InChI is InChI=1S/C52H34N2O3/c55-46-31-36(53-34-23-19-32(20-24-34)37-13-7-17-49-51(37)43-11-3-5-15-47(43)56-49)27-28-42(46)40-29-30-45(41-10-2-1-9-39(40)41)54-35-25-21-33(22-26-35)38-14-8-18-50-52(38)44-12-4-6-16-48(44)57-50/h1-31,53-55H. The molecule has 0 radical (unpaired) electrons. The van der Waals surface area contributed by atoms with Gasteiger partial charge in [0.1, 0.15) is 28.1 Å². The molecule has 57 heavy (non-hydrogen) atoms. The molecule has 0 saturated heterocycles. The van der Waals surface area contributed by atoms with Gasteiger partial charge in [-0.3, -0.25) is 0 Å².